The quantitative estimate of drug-likeness (QED) is 0.558. The van der Waals surface area contributed by atoms with Crippen LogP contribution < -0.4 is 4.90 Å². The van der Waals surface area contributed by atoms with Crippen LogP contribution in [-0.2, 0) is 0 Å². The third-order valence-electron chi connectivity index (χ3n) is 4.67. The van der Waals surface area contributed by atoms with Crippen LogP contribution in [0, 0.1) is 5.82 Å². The van der Waals surface area contributed by atoms with Crippen LogP contribution in [-0.4, -0.2) is 49.0 Å². The third-order valence-corrected chi connectivity index (χ3v) is 5.72. The second-order valence-corrected chi connectivity index (χ2v) is 7.63. The largest absolute Gasteiger partial charge is 0.366 e. The average molecular weight is 407 g/mol. The van der Waals surface area contributed by atoms with Gasteiger partial charge in [0.2, 0.25) is 0 Å². The first-order valence-electron chi connectivity index (χ1n) is 8.59. The van der Waals surface area contributed by atoms with E-state index in [0.717, 1.165) is 4.90 Å². The summed E-state index contributed by atoms with van der Waals surface area (Å²) in [4.78, 5) is 28.8. The monoisotopic (exact) mass is 406 g/mol. The van der Waals surface area contributed by atoms with Gasteiger partial charge in [0.05, 0.1) is 16.3 Å². The minimum absolute atomic E-state index is 0.108. The van der Waals surface area contributed by atoms with Gasteiger partial charge in [-0.25, -0.2) is 4.39 Å². The Hall–Kier alpha value is -2.05. The fourth-order valence-electron chi connectivity index (χ4n) is 3.10. The summed E-state index contributed by atoms with van der Waals surface area (Å²) in [5, 5.41) is 0.436. The predicted octanol–water partition coefficient (Wildman–Crippen LogP) is 4.37. The number of ketones is 1. The zero-order valence-electron chi connectivity index (χ0n) is 15.2. The topological polar surface area (TPSA) is 40.6 Å². The predicted molar refractivity (Wildman–Crippen MR) is 108 cm³/mol. The first-order chi connectivity index (χ1) is 12.9. The third kappa shape index (κ3) is 4.28. The molecule has 1 amide bonds. The number of carbonyl (C=O) groups is 2. The van der Waals surface area contributed by atoms with Crippen molar-refractivity contribution in [1.82, 2.24) is 4.90 Å². The molecule has 0 spiro atoms. The average Bonchev–Trinajstić information content (AvgIpc) is 2.68. The molecule has 1 saturated heterocycles. The summed E-state index contributed by atoms with van der Waals surface area (Å²) < 4.78 is 14.4. The number of nitrogens with zero attached hydrogens (tertiary/aromatic N) is 2. The van der Waals surface area contributed by atoms with Crippen LogP contribution in [0.5, 0.6) is 0 Å². The minimum atomic E-state index is -0.418. The Kier molecular flexibility index (Phi) is 6.07. The summed E-state index contributed by atoms with van der Waals surface area (Å²) in [7, 11) is 0. The normalized spacial score (nSPS) is 14.4. The Morgan fingerprint density at radius 3 is 2.37 bits per heavy atom. The second-order valence-electron chi connectivity index (χ2n) is 6.35. The van der Waals surface area contributed by atoms with Gasteiger partial charge in [0.15, 0.2) is 5.78 Å². The van der Waals surface area contributed by atoms with Crippen LogP contribution in [0.1, 0.15) is 27.6 Å². The SMILES string of the molecule is CSc1ccc(Cl)c(C(=O)N2CCN(c3ccc(C(C)=O)cc3F)CC2)c1. The van der Waals surface area contributed by atoms with E-state index in [-0.39, 0.29) is 11.7 Å². The number of hydrogen-bond acceptors (Lipinski definition) is 4. The van der Waals surface area contributed by atoms with Crippen LogP contribution in [0.2, 0.25) is 5.02 Å². The Morgan fingerprint density at radius 2 is 1.78 bits per heavy atom. The molecular weight excluding hydrogens is 387 g/mol. The van der Waals surface area contributed by atoms with Crippen molar-refractivity contribution in [3.8, 4) is 0 Å². The highest BCUT2D eigenvalue weighted by Gasteiger charge is 2.25. The molecule has 4 nitrogen and oxygen atoms in total. The summed E-state index contributed by atoms with van der Waals surface area (Å²) in [5.41, 5.74) is 1.30. The van der Waals surface area contributed by atoms with E-state index in [2.05, 4.69) is 0 Å². The van der Waals surface area contributed by atoms with Gasteiger partial charge in [0.1, 0.15) is 5.82 Å². The maximum absolute atomic E-state index is 14.4. The number of hydrogen-bond donors (Lipinski definition) is 0. The number of benzene rings is 2. The number of anilines is 1. The molecule has 0 aliphatic carbocycles. The van der Waals surface area contributed by atoms with Crippen molar-refractivity contribution in [3.05, 3.63) is 58.4 Å². The first-order valence-corrected chi connectivity index (χ1v) is 10.2. The van der Waals surface area contributed by atoms with Gasteiger partial charge in [-0.2, -0.15) is 0 Å². The van der Waals surface area contributed by atoms with Crippen LogP contribution in [0.15, 0.2) is 41.3 Å². The van der Waals surface area contributed by atoms with E-state index < -0.39 is 5.82 Å². The van der Waals surface area contributed by atoms with Crippen molar-refractivity contribution in [1.29, 1.82) is 0 Å². The lowest BCUT2D eigenvalue weighted by atomic mass is 10.1. The number of carbonyl (C=O) groups excluding carboxylic acids is 2. The van der Waals surface area contributed by atoms with Crippen LogP contribution >= 0.6 is 23.4 Å². The summed E-state index contributed by atoms with van der Waals surface area (Å²) >= 11 is 7.76. The summed E-state index contributed by atoms with van der Waals surface area (Å²) in [6, 6.07) is 9.96. The van der Waals surface area contributed by atoms with Crippen molar-refractivity contribution >= 4 is 40.7 Å². The van der Waals surface area contributed by atoms with Crippen molar-refractivity contribution in [2.45, 2.75) is 11.8 Å². The number of Topliss-reactive ketones (excluding diaryl/α,β-unsaturated/α-hetero) is 1. The highest BCUT2D eigenvalue weighted by Crippen LogP contribution is 2.26. The molecule has 27 heavy (non-hydrogen) atoms. The number of halogens is 2. The molecule has 2 aromatic rings. The highest BCUT2D eigenvalue weighted by molar-refractivity contribution is 7.98. The Balaban J connectivity index is 1.70. The van der Waals surface area contributed by atoms with Crippen molar-refractivity contribution in [2.24, 2.45) is 0 Å². The van der Waals surface area contributed by atoms with Gasteiger partial charge >= 0.3 is 0 Å². The molecule has 0 bridgehead atoms. The minimum Gasteiger partial charge on any atom is -0.366 e. The van der Waals surface area contributed by atoms with E-state index in [9.17, 15) is 14.0 Å². The molecule has 142 valence electrons. The molecule has 7 heteroatoms. The summed E-state index contributed by atoms with van der Waals surface area (Å²) in [6.45, 7) is 3.40. The van der Waals surface area contributed by atoms with E-state index in [1.165, 1.54) is 13.0 Å². The zero-order valence-corrected chi connectivity index (χ0v) is 16.7. The van der Waals surface area contributed by atoms with Gasteiger partial charge < -0.3 is 9.80 Å². The molecule has 2 aromatic carbocycles. The molecule has 1 aliphatic heterocycles. The van der Waals surface area contributed by atoms with Crippen LogP contribution in [0.4, 0.5) is 10.1 Å². The maximum Gasteiger partial charge on any atom is 0.255 e. The molecule has 1 heterocycles. The Labute approximate surface area is 167 Å². The van der Waals surface area contributed by atoms with E-state index >= 15 is 0 Å². The van der Waals surface area contributed by atoms with Crippen LogP contribution in [0.25, 0.3) is 0 Å². The molecular formula is C20H20ClFN2O2S. The number of piperazine rings is 1. The van der Waals surface area contributed by atoms with E-state index in [1.54, 1.807) is 34.9 Å². The van der Waals surface area contributed by atoms with Gasteiger partial charge in [0, 0.05) is 36.6 Å². The second kappa shape index (κ2) is 8.31. The molecule has 0 N–H and O–H groups in total. The van der Waals surface area contributed by atoms with Gasteiger partial charge in [-0.05, 0) is 49.6 Å². The Bertz CT molecular complexity index is 882. The molecule has 3 rings (SSSR count). The molecule has 0 unspecified atom stereocenters. The van der Waals surface area contributed by atoms with E-state index in [1.807, 2.05) is 23.3 Å². The van der Waals surface area contributed by atoms with E-state index in [0.29, 0.717) is 48.0 Å². The van der Waals surface area contributed by atoms with Crippen molar-refractivity contribution in [3.63, 3.8) is 0 Å². The standard InChI is InChI=1S/C20H20ClFN2O2S/c1-13(25)14-3-6-19(18(22)11-14)23-7-9-24(10-8-23)20(26)16-12-15(27-2)4-5-17(16)21/h3-6,11-12H,7-10H2,1-2H3. The zero-order chi connectivity index (χ0) is 19.6. The van der Waals surface area contributed by atoms with Gasteiger partial charge in [-0.3, -0.25) is 9.59 Å². The van der Waals surface area contributed by atoms with Gasteiger partial charge in [-0.15, -0.1) is 11.8 Å². The maximum atomic E-state index is 14.4. The van der Waals surface area contributed by atoms with Gasteiger partial charge in [-0.1, -0.05) is 11.6 Å². The van der Waals surface area contributed by atoms with Crippen molar-refractivity contribution < 1.29 is 14.0 Å². The highest BCUT2D eigenvalue weighted by atomic mass is 35.5. The smallest absolute Gasteiger partial charge is 0.255 e. The number of amides is 1. The summed E-state index contributed by atoms with van der Waals surface area (Å²) in [5.74, 6) is -0.693. The van der Waals surface area contributed by atoms with E-state index in [4.69, 9.17) is 11.6 Å². The molecule has 0 radical (unpaired) electrons. The molecule has 0 atom stereocenters. The number of rotatable bonds is 4. The lowest BCUT2D eigenvalue weighted by Gasteiger charge is -2.36. The molecule has 0 saturated carbocycles. The first kappa shape index (κ1) is 19.7. The fraction of sp³-hybridized carbons (Fsp3) is 0.300. The van der Waals surface area contributed by atoms with Gasteiger partial charge in [0.25, 0.3) is 5.91 Å². The fourth-order valence-corrected chi connectivity index (χ4v) is 3.74. The molecule has 1 fully saturated rings. The molecule has 1 aliphatic rings. The number of thioether (sulfide) groups is 1. The lowest BCUT2D eigenvalue weighted by molar-refractivity contribution is 0.0746. The van der Waals surface area contributed by atoms with Crippen molar-refractivity contribution in [2.75, 3.05) is 37.3 Å². The lowest BCUT2D eigenvalue weighted by Crippen LogP contribution is -2.49. The molecule has 0 aromatic heterocycles. The summed E-state index contributed by atoms with van der Waals surface area (Å²) in [6.07, 6.45) is 1.95. The van der Waals surface area contributed by atoms with Crippen LogP contribution in [0.3, 0.4) is 0 Å². The Morgan fingerprint density at radius 1 is 1.07 bits per heavy atom.